The number of esters is 1. The molecule has 0 bridgehead atoms. The summed E-state index contributed by atoms with van der Waals surface area (Å²) in [6, 6.07) is 5.63. The molecule has 0 saturated carbocycles. The van der Waals surface area contributed by atoms with Gasteiger partial charge in [-0.1, -0.05) is 6.07 Å². The van der Waals surface area contributed by atoms with Crippen molar-refractivity contribution in [2.75, 3.05) is 18.5 Å². The van der Waals surface area contributed by atoms with E-state index in [2.05, 4.69) is 10.4 Å². The Kier molecular flexibility index (Phi) is 5.80. The third-order valence-electron chi connectivity index (χ3n) is 3.81. The minimum Gasteiger partial charge on any atom is -0.484 e. The standard InChI is InChI=1S/C18H23N3O4/c1-6-24-18(23)16-13(4)20-21(5)17(16)19-15(22)10-25-14-8-7-11(2)12(3)9-14/h7-9H,6,10H2,1-5H3,(H,19,22). The molecule has 1 N–H and O–H groups in total. The van der Waals surface area contributed by atoms with Crippen molar-refractivity contribution in [1.82, 2.24) is 9.78 Å². The summed E-state index contributed by atoms with van der Waals surface area (Å²) in [5.41, 5.74) is 2.99. The van der Waals surface area contributed by atoms with Crippen LogP contribution in [0.25, 0.3) is 0 Å². The number of aromatic nitrogens is 2. The highest BCUT2D eigenvalue weighted by Gasteiger charge is 2.23. The van der Waals surface area contributed by atoms with Crippen LogP contribution >= 0.6 is 0 Å². The van der Waals surface area contributed by atoms with E-state index in [0.29, 0.717) is 17.3 Å². The van der Waals surface area contributed by atoms with E-state index in [-0.39, 0.29) is 24.7 Å². The number of benzene rings is 1. The summed E-state index contributed by atoms with van der Waals surface area (Å²) in [4.78, 5) is 24.3. The second kappa shape index (κ2) is 7.83. The molecule has 0 aliphatic carbocycles. The van der Waals surface area contributed by atoms with Crippen LogP contribution in [-0.2, 0) is 16.6 Å². The van der Waals surface area contributed by atoms with E-state index in [1.54, 1.807) is 20.9 Å². The van der Waals surface area contributed by atoms with E-state index in [1.807, 2.05) is 32.0 Å². The summed E-state index contributed by atoms with van der Waals surface area (Å²) in [6.45, 7) is 7.47. The van der Waals surface area contributed by atoms with Crippen molar-refractivity contribution >= 4 is 17.7 Å². The number of anilines is 1. The lowest BCUT2D eigenvalue weighted by molar-refractivity contribution is -0.118. The summed E-state index contributed by atoms with van der Waals surface area (Å²) in [7, 11) is 1.65. The monoisotopic (exact) mass is 345 g/mol. The van der Waals surface area contributed by atoms with Gasteiger partial charge in [0.2, 0.25) is 0 Å². The molecular formula is C18H23N3O4. The maximum absolute atomic E-state index is 12.2. The zero-order valence-electron chi connectivity index (χ0n) is 15.2. The molecule has 25 heavy (non-hydrogen) atoms. The van der Waals surface area contributed by atoms with Crippen molar-refractivity contribution in [2.24, 2.45) is 7.05 Å². The fourth-order valence-corrected chi connectivity index (χ4v) is 2.37. The smallest absolute Gasteiger partial charge is 0.343 e. The summed E-state index contributed by atoms with van der Waals surface area (Å²) in [6.07, 6.45) is 0. The highest BCUT2D eigenvalue weighted by Crippen LogP contribution is 2.20. The SMILES string of the molecule is CCOC(=O)c1c(C)nn(C)c1NC(=O)COc1ccc(C)c(C)c1. The van der Waals surface area contributed by atoms with Gasteiger partial charge in [-0.3, -0.25) is 9.48 Å². The molecule has 0 unspecified atom stereocenters. The predicted octanol–water partition coefficient (Wildman–Crippen LogP) is 2.54. The van der Waals surface area contributed by atoms with Gasteiger partial charge in [0.05, 0.1) is 12.3 Å². The number of hydrogen-bond acceptors (Lipinski definition) is 5. The minimum absolute atomic E-state index is 0.172. The number of nitrogens with zero attached hydrogens (tertiary/aromatic N) is 2. The first-order valence-electron chi connectivity index (χ1n) is 8.04. The van der Waals surface area contributed by atoms with Gasteiger partial charge in [0, 0.05) is 7.05 Å². The molecule has 1 aromatic heterocycles. The Labute approximate surface area is 146 Å². The number of carbonyl (C=O) groups excluding carboxylic acids is 2. The van der Waals surface area contributed by atoms with Crippen molar-refractivity contribution < 1.29 is 19.1 Å². The van der Waals surface area contributed by atoms with Gasteiger partial charge in [-0.05, 0) is 51.0 Å². The number of carbonyl (C=O) groups is 2. The number of ether oxygens (including phenoxy) is 2. The second-order valence-corrected chi connectivity index (χ2v) is 5.74. The van der Waals surface area contributed by atoms with E-state index in [0.717, 1.165) is 11.1 Å². The molecular weight excluding hydrogens is 322 g/mol. The predicted molar refractivity (Wildman–Crippen MR) is 93.9 cm³/mol. The van der Waals surface area contributed by atoms with E-state index >= 15 is 0 Å². The van der Waals surface area contributed by atoms with E-state index in [4.69, 9.17) is 9.47 Å². The van der Waals surface area contributed by atoms with Crippen molar-refractivity contribution in [3.8, 4) is 5.75 Å². The first kappa shape index (κ1) is 18.5. The minimum atomic E-state index is -0.515. The van der Waals surface area contributed by atoms with Crippen molar-refractivity contribution in [3.05, 3.63) is 40.6 Å². The van der Waals surface area contributed by atoms with Gasteiger partial charge in [-0.15, -0.1) is 0 Å². The third kappa shape index (κ3) is 4.37. The van der Waals surface area contributed by atoms with Crippen molar-refractivity contribution in [3.63, 3.8) is 0 Å². The van der Waals surface area contributed by atoms with Crippen LogP contribution in [0.2, 0.25) is 0 Å². The summed E-state index contributed by atoms with van der Waals surface area (Å²) >= 11 is 0. The molecule has 7 heteroatoms. The molecule has 7 nitrogen and oxygen atoms in total. The van der Waals surface area contributed by atoms with Gasteiger partial charge < -0.3 is 14.8 Å². The Morgan fingerprint density at radius 2 is 1.92 bits per heavy atom. The number of nitrogens with one attached hydrogen (secondary N) is 1. The van der Waals surface area contributed by atoms with Gasteiger partial charge in [-0.2, -0.15) is 5.10 Å². The van der Waals surface area contributed by atoms with Crippen LogP contribution in [0.1, 0.15) is 34.1 Å². The molecule has 0 atom stereocenters. The molecule has 0 aliphatic heterocycles. The molecule has 1 amide bonds. The molecule has 0 saturated heterocycles. The Balaban J connectivity index is 2.07. The van der Waals surface area contributed by atoms with E-state index in [9.17, 15) is 9.59 Å². The van der Waals surface area contributed by atoms with Gasteiger partial charge in [0.1, 0.15) is 17.1 Å². The lowest BCUT2D eigenvalue weighted by Crippen LogP contribution is -2.23. The Bertz CT molecular complexity index is 796. The van der Waals surface area contributed by atoms with Crippen LogP contribution in [0.4, 0.5) is 5.82 Å². The zero-order valence-corrected chi connectivity index (χ0v) is 15.2. The van der Waals surface area contributed by atoms with E-state index in [1.165, 1.54) is 4.68 Å². The zero-order chi connectivity index (χ0) is 18.6. The second-order valence-electron chi connectivity index (χ2n) is 5.74. The molecule has 0 aliphatic rings. The maximum atomic E-state index is 12.2. The molecule has 0 spiro atoms. The van der Waals surface area contributed by atoms with Gasteiger partial charge >= 0.3 is 5.97 Å². The molecule has 1 aromatic carbocycles. The third-order valence-corrected chi connectivity index (χ3v) is 3.81. The average molecular weight is 345 g/mol. The van der Waals surface area contributed by atoms with Gasteiger partial charge in [-0.25, -0.2) is 4.79 Å². The first-order chi connectivity index (χ1) is 11.8. The summed E-state index contributed by atoms with van der Waals surface area (Å²) in [5.74, 6) is 0.0138. The molecule has 0 radical (unpaired) electrons. The number of hydrogen-bond donors (Lipinski definition) is 1. The maximum Gasteiger partial charge on any atom is 0.343 e. The van der Waals surface area contributed by atoms with Crippen LogP contribution in [0.5, 0.6) is 5.75 Å². The van der Waals surface area contributed by atoms with Crippen LogP contribution < -0.4 is 10.1 Å². The van der Waals surface area contributed by atoms with Crippen LogP contribution in [0.3, 0.4) is 0 Å². The van der Waals surface area contributed by atoms with Crippen LogP contribution in [0.15, 0.2) is 18.2 Å². The largest absolute Gasteiger partial charge is 0.484 e. The number of amides is 1. The molecule has 0 fully saturated rings. The average Bonchev–Trinajstić information content (AvgIpc) is 2.82. The molecule has 1 heterocycles. The molecule has 134 valence electrons. The normalized spacial score (nSPS) is 10.4. The van der Waals surface area contributed by atoms with Crippen LogP contribution in [0, 0.1) is 20.8 Å². The number of rotatable bonds is 6. The quantitative estimate of drug-likeness (QED) is 0.814. The fraction of sp³-hybridized carbons (Fsp3) is 0.389. The van der Waals surface area contributed by atoms with E-state index < -0.39 is 5.97 Å². The van der Waals surface area contributed by atoms with Gasteiger partial charge in [0.15, 0.2) is 6.61 Å². The summed E-state index contributed by atoms with van der Waals surface area (Å²) < 4.78 is 12.0. The first-order valence-corrected chi connectivity index (χ1v) is 8.04. The Morgan fingerprint density at radius 1 is 1.20 bits per heavy atom. The summed E-state index contributed by atoms with van der Waals surface area (Å²) in [5, 5.41) is 6.84. The molecule has 2 rings (SSSR count). The topological polar surface area (TPSA) is 82.5 Å². The lowest BCUT2D eigenvalue weighted by atomic mass is 10.1. The fourth-order valence-electron chi connectivity index (χ4n) is 2.37. The molecule has 2 aromatic rings. The van der Waals surface area contributed by atoms with Crippen molar-refractivity contribution in [1.29, 1.82) is 0 Å². The number of aryl methyl sites for hydroxylation is 4. The van der Waals surface area contributed by atoms with Crippen molar-refractivity contribution in [2.45, 2.75) is 27.7 Å². The van der Waals surface area contributed by atoms with Gasteiger partial charge in [0.25, 0.3) is 5.91 Å². The lowest BCUT2D eigenvalue weighted by Gasteiger charge is -2.10. The van der Waals surface area contributed by atoms with Crippen LogP contribution in [-0.4, -0.2) is 34.9 Å². The Morgan fingerprint density at radius 3 is 2.56 bits per heavy atom. The Hall–Kier alpha value is -2.83. The highest BCUT2D eigenvalue weighted by atomic mass is 16.5. The highest BCUT2D eigenvalue weighted by molar-refractivity contribution is 6.01.